The fourth-order valence-electron chi connectivity index (χ4n) is 2.13. The summed E-state index contributed by atoms with van der Waals surface area (Å²) >= 11 is 0. The molecule has 2 aromatic rings. The monoisotopic (exact) mass is 312 g/mol. The van der Waals surface area contributed by atoms with Crippen molar-refractivity contribution in [3.8, 4) is 17.2 Å². The minimum absolute atomic E-state index is 0.176. The van der Waals surface area contributed by atoms with Crippen molar-refractivity contribution >= 4 is 11.6 Å². The van der Waals surface area contributed by atoms with Gasteiger partial charge in [0.2, 0.25) is 6.79 Å². The summed E-state index contributed by atoms with van der Waals surface area (Å²) in [6.07, 6.45) is 0. The highest BCUT2D eigenvalue weighted by atomic mass is 16.7. The molecule has 0 atom stereocenters. The van der Waals surface area contributed by atoms with Crippen LogP contribution in [0.4, 0.5) is 0 Å². The second kappa shape index (κ2) is 6.39. The smallest absolute Gasteiger partial charge is 0.271 e. The van der Waals surface area contributed by atoms with Crippen LogP contribution in [0, 0.1) is 0 Å². The first-order valence-corrected chi connectivity index (χ1v) is 7.06. The van der Waals surface area contributed by atoms with E-state index in [0.29, 0.717) is 22.8 Å². The molecule has 0 saturated heterocycles. The third-order valence-corrected chi connectivity index (χ3v) is 3.47. The summed E-state index contributed by atoms with van der Waals surface area (Å²) in [6.45, 7) is 2.00. The van der Waals surface area contributed by atoms with E-state index >= 15 is 0 Å². The van der Waals surface area contributed by atoms with Crippen LogP contribution in [0.3, 0.4) is 0 Å². The Labute approximate surface area is 133 Å². The first kappa shape index (κ1) is 14.9. The number of hydrogen-bond donors (Lipinski definition) is 1. The Hall–Kier alpha value is -3.02. The van der Waals surface area contributed by atoms with Gasteiger partial charge in [-0.2, -0.15) is 5.10 Å². The van der Waals surface area contributed by atoms with Gasteiger partial charge in [0.1, 0.15) is 5.75 Å². The fraction of sp³-hybridized carbons (Fsp3) is 0.176. The van der Waals surface area contributed by atoms with Crippen molar-refractivity contribution in [3.63, 3.8) is 0 Å². The largest absolute Gasteiger partial charge is 0.497 e. The van der Waals surface area contributed by atoms with E-state index in [1.54, 1.807) is 25.3 Å². The summed E-state index contributed by atoms with van der Waals surface area (Å²) in [6, 6.07) is 12.4. The predicted octanol–water partition coefficient (Wildman–Crippen LogP) is 2.58. The normalized spacial score (nSPS) is 12.9. The first-order valence-electron chi connectivity index (χ1n) is 7.06. The molecule has 1 aliphatic rings. The lowest BCUT2D eigenvalue weighted by Gasteiger charge is -2.05. The first-order chi connectivity index (χ1) is 11.2. The second-order valence-electron chi connectivity index (χ2n) is 4.93. The van der Waals surface area contributed by atoms with Gasteiger partial charge < -0.3 is 14.2 Å². The van der Waals surface area contributed by atoms with Crippen LogP contribution in [0.2, 0.25) is 0 Å². The summed E-state index contributed by atoms with van der Waals surface area (Å²) in [7, 11) is 1.61. The highest BCUT2D eigenvalue weighted by molar-refractivity contribution is 6.01. The van der Waals surface area contributed by atoms with E-state index in [9.17, 15) is 4.79 Å². The average molecular weight is 312 g/mol. The zero-order valence-electron chi connectivity index (χ0n) is 12.8. The van der Waals surface area contributed by atoms with Gasteiger partial charge in [-0.1, -0.05) is 0 Å². The molecular weight excluding hydrogens is 296 g/mol. The summed E-state index contributed by atoms with van der Waals surface area (Å²) in [4.78, 5) is 12.1. The van der Waals surface area contributed by atoms with Gasteiger partial charge in [-0.05, 0) is 55.0 Å². The van der Waals surface area contributed by atoms with E-state index in [-0.39, 0.29) is 12.7 Å². The van der Waals surface area contributed by atoms with Crippen molar-refractivity contribution in [1.82, 2.24) is 5.43 Å². The quantitative estimate of drug-likeness (QED) is 0.696. The van der Waals surface area contributed by atoms with Crippen molar-refractivity contribution in [2.75, 3.05) is 13.9 Å². The highest BCUT2D eigenvalue weighted by Gasteiger charge is 2.16. The molecule has 0 bridgehead atoms. The molecule has 0 spiro atoms. The van der Waals surface area contributed by atoms with Gasteiger partial charge >= 0.3 is 0 Å². The van der Waals surface area contributed by atoms with Crippen LogP contribution in [0.5, 0.6) is 17.2 Å². The number of amides is 1. The van der Waals surface area contributed by atoms with Gasteiger partial charge in [-0.3, -0.25) is 4.79 Å². The van der Waals surface area contributed by atoms with Crippen molar-refractivity contribution in [2.45, 2.75) is 6.92 Å². The zero-order chi connectivity index (χ0) is 16.2. The molecule has 0 saturated carbocycles. The molecule has 6 nitrogen and oxygen atoms in total. The van der Waals surface area contributed by atoms with Gasteiger partial charge in [-0.15, -0.1) is 0 Å². The van der Waals surface area contributed by atoms with Crippen molar-refractivity contribution in [3.05, 3.63) is 53.6 Å². The van der Waals surface area contributed by atoms with Gasteiger partial charge in [0.15, 0.2) is 11.5 Å². The lowest BCUT2D eigenvalue weighted by Crippen LogP contribution is -2.19. The van der Waals surface area contributed by atoms with Crippen LogP contribution in [-0.4, -0.2) is 25.5 Å². The van der Waals surface area contributed by atoms with Gasteiger partial charge in [0, 0.05) is 5.56 Å². The number of rotatable bonds is 4. The SMILES string of the molecule is COc1ccc(C(C)=NNC(=O)c2ccc3c(c2)OCO3)cc1. The fourth-order valence-corrected chi connectivity index (χ4v) is 2.13. The van der Waals surface area contributed by atoms with Gasteiger partial charge in [0.25, 0.3) is 5.91 Å². The number of hydrogen-bond acceptors (Lipinski definition) is 5. The third-order valence-electron chi connectivity index (χ3n) is 3.47. The number of ether oxygens (including phenoxy) is 3. The van der Waals surface area contributed by atoms with Crippen molar-refractivity contribution < 1.29 is 19.0 Å². The third kappa shape index (κ3) is 3.26. The Morgan fingerprint density at radius 3 is 2.52 bits per heavy atom. The number of nitrogens with one attached hydrogen (secondary N) is 1. The summed E-state index contributed by atoms with van der Waals surface area (Å²) < 4.78 is 15.6. The van der Waals surface area contributed by atoms with Crippen LogP contribution in [0.25, 0.3) is 0 Å². The number of nitrogens with zero attached hydrogens (tertiary/aromatic N) is 1. The molecule has 2 aromatic carbocycles. The molecule has 0 radical (unpaired) electrons. The molecule has 0 fully saturated rings. The Morgan fingerprint density at radius 2 is 1.78 bits per heavy atom. The Bertz CT molecular complexity index is 754. The van der Waals surface area contributed by atoms with Crippen LogP contribution < -0.4 is 19.6 Å². The van der Waals surface area contributed by atoms with E-state index in [0.717, 1.165) is 11.3 Å². The maximum absolute atomic E-state index is 12.1. The molecule has 1 heterocycles. The molecule has 1 aliphatic heterocycles. The lowest BCUT2D eigenvalue weighted by atomic mass is 10.1. The number of carbonyl (C=O) groups is 1. The average Bonchev–Trinajstić information content (AvgIpc) is 3.07. The van der Waals surface area contributed by atoms with Crippen LogP contribution in [0.15, 0.2) is 47.6 Å². The maximum atomic E-state index is 12.1. The maximum Gasteiger partial charge on any atom is 0.271 e. The summed E-state index contributed by atoms with van der Waals surface area (Å²) in [5.41, 5.74) is 4.59. The topological polar surface area (TPSA) is 69.2 Å². The van der Waals surface area contributed by atoms with Crippen molar-refractivity contribution in [1.29, 1.82) is 0 Å². The number of benzene rings is 2. The Kier molecular flexibility index (Phi) is 4.14. The second-order valence-corrected chi connectivity index (χ2v) is 4.93. The predicted molar refractivity (Wildman–Crippen MR) is 85.2 cm³/mol. The molecule has 3 rings (SSSR count). The molecule has 0 aliphatic carbocycles. The Balaban J connectivity index is 1.69. The number of methoxy groups -OCH3 is 1. The van der Waals surface area contributed by atoms with Crippen LogP contribution in [-0.2, 0) is 0 Å². The number of carbonyl (C=O) groups excluding carboxylic acids is 1. The van der Waals surface area contributed by atoms with E-state index in [2.05, 4.69) is 10.5 Å². The highest BCUT2D eigenvalue weighted by Crippen LogP contribution is 2.32. The molecule has 0 unspecified atom stereocenters. The minimum Gasteiger partial charge on any atom is -0.497 e. The van der Waals surface area contributed by atoms with E-state index in [1.807, 2.05) is 31.2 Å². The van der Waals surface area contributed by atoms with E-state index < -0.39 is 0 Å². The van der Waals surface area contributed by atoms with Crippen LogP contribution >= 0.6 is 0 Å². The molecular formula is C17H16N2O4. The van der Waals surface area contributed by atoms with Gasteiger partial charge in [0.05, 0.1) is 12.8 Å². The number of hydrazone groups is 1. The minimum atomic E-state index is -0.309. The standard InChI is InChI=1S/C17H16N2O4/c1-11(12-3-6-14(21-2)7-4-12)18-19-17(20)13-5-8-15-16(9-13)23-10-22-15/h3-9H,10H2,1-2H3,(H,19,20). The summed E-state index contributed by atoms with van der Waals surface area (Å²) in [5, 5.41) is 4.12. The van der Waals surface area contributed by atoms with Gasteiger partial charge in [-0.25, -0.2) is 5.43 Å². The lowest BCUT2D eigenvalue weighted by molar-refractivity contribution is 0.0954. The molecule has 118 valence electrons. The summed E-state index contributed by atoms with van der Waals surface area (Å²) in [5.74, 6) is 1.66. The van der Waals surface area contributed by atoms with E-state index in [1.165, 1.54) is 0 Å². The molecule has 1 N–H and O–H groups in total. The Morgan fingerprint density at radius 1 is 1.09 bits per heavy atom. The zero-order valence-corrected chi connectivity index (χ0v) is 12.8. The molecule has 23 heavy (non-hydrogen) atoms. The van der Waals surface area contributed by atoms with Crippen molar-refractivity contribution in [2.24, 2.45) is 5.10 Å². The molecule has 0 aromatic heterocycles. The van der Waals surface area contributed by atoms with Crippen LogP contribution in [0.1, 0.15) is 22.8 Å². The molecule has 1 amide bonds. The molecule has 6 heteroatoms. The number of fused-ring (bicyclic) bond motifs is 1. The van der Waals surface area contributed by atoms with E-state index in [4.69, 9.17) is 14.2 Å².